The number of nitrogens with zero attached hydrogens (tertiary/aromatic N) is 1. The summed E-state index contributed by atoms with van der Waals surface area (Å²) in [5.41, 5.74) is 6.83. The zero-order valence-corrected chi connectivity index (χ0v) is 20.1. The van der Waals surface area contributed by atoms with Gasteiger partial charge >= 0.3 is 0 Å². The van der Waals surface area contributed by atoms with E-state index < -0.39 is 11.6 Å². The fourth-order valence-electron chi connectivity index (χ4n) is 3.07. The lowest BCUT2D eigenvalue weighted by atomic mass is 10.1. The van der Waals surface area contributed by atoms with Gasteiger partial charge in [0.2, 0.25) is 0 Å². The monoisotopic (exact) mass is 541 g/mol. The van der Waals surface area contributed by atoms with Gasteiger partial charge in [0.25, 0.3) is 11.5 Å². The van der Waals surface area contributed by atoms with Gasteiger partial charge in [-0.05, 0) is 72.2 Å². The van der Waals surface area contributed by atoms with Crippen molar-refractivity contribution < 1.29 is 18.3 Å². The van der Waals surface area contributed by atoms with Crippen molar-refractivity contribution in [3.05, 3.63) is 91.8 Å². The van der Waals surface area contributed by atoms with Crippen LogP contribution in [0.2, 0.25) is 0 Å². The third-order valence-corrected chi connectivity index (χ3v) is 5.48. The van der Waals surface area contributed by atoms with Gasteiger partial charge in [0, 0.05) is 41.2 Å². The van der Waals surface area contributed by atoms with Crippen LogP contribution in [-0.4, -0.2) is 23.6 Å². The Bertz CT molecular complexity index is 1190. The van der Waals surface area contributed by atoms with Crippen LogP contribution < -0.4 is 21.3 Å². The Kier molecular flexibility index (Phi) is 9.57. The molecule has 0 fully saturated rings. The van der Waals surface area contributed by atoms with Crippen LogP contribution in [-0.2, 0) is 6.61 Å². The van der Waals surface area contributed by atoms with Gasteiger partial charge in [0.05, 0.1) is 0 Å². The molecule has 1 amide bonds. The van der Waals surface area contributed by atoms with Crippen molar-refractivity contribution in [1.82, 2.24) is 9.88 Å². The summed E-state index contributed by atoms with van der Waals surface area (Å²) in [6, 6.07) is 11.5. The van der Waals surface area contributed by atoms with Crippen LogP contribution in [0, 0.1) is 18.6 Å². The molecule has 0 aliphatic rings. The molecule has 0 saturated carbocycles. The first-order valence-electron chi connectivity index (χ1n) is 9.89. The fraction of sp³-hybridized carbons (Fsp3) is 0.217. The van der Waals surface area contributed by atoms with E-state index in [1.165, 1.54) is 10.6 Å². The number of carbonyl (C=O) groups excluding carboxylic acids is 1. The van der Waals surface area contributed by atoms with Gasteiger partial charge in [0.1, 0.15) is 28.5 Å². The minimum absolute atomic E-state index is 0. The number of ether oxygens (including phenoxy) is 1. The summed E-state index contributed by atoms with van der Waals surface area (Å²) in [5, 5.41) is 2.77. The Morgan fingerprint density at radius 3 is 2.48 bits per heavy atom. The molecule has 3 aromatic rings. The molecule has 33 heavy (non-hydrogen) atoms. The zero-order chi connectivity index (χ0) is 23.3. The lowest BCUT2D eigenvalue weighted by Gasteiger charge is -2.15. The number of halogens is 4. The van der Waals surface area contributed by atoms with Gasteiger partial charge in [-0.3, -0.25) is 14.2 Å². The molecule has 0 atom stereocenters. The van der Waals surface area contributed by atoms with E-state index in [9.17, 15) is 18.4 Å². The van der Waals surface area contributed by atoms with Crippen LogP contribution in [0.5, 0.6) is 5.75 Å². The maximum Gasteiger partial charge on any atom is 0.273 e. The lowest BCUT2D eigenvalue weighted by Crippen LogP contribution is -2.26. The molecule has 0 radical (unpaired) electrons. The van der Waals surface area contributed by atoms with E-state index in [1.54, 1.807) is 37.3 Å². The van der Waals surface area contributed by atoms with Crippen LogP contribution in [0.15, 0.2) is 57.8 Å². The topological polar surface area (TPSA) is 86.3 Å². The van der Waals surface area contributed by atoms with E-state index in [0.717, 1.165) is 12.1 Å². The quantitative estimate of drug-likeness (QED) is 0.417. The summed E-state index contributed by atoms with van der Waals surface area (Å²) in [7, 11) is 0. The summed E-state index contributed by atoms with van der Waals surface area (Å²) >= 11 is 3.25. The molecule has 1 heterocycles. The number of nitrogens with two attached hydrogens (primary N) is 1. The van der Waals surface area contributed by atoms with Gasteiger partial charge < -0.3 is 15.8 Å². The molecule has 0 aliphatic carbocycles. The van der Waals surface area contributed by atoms with E-state index in [1.807, 2.05) is 0 Å². The Labute approximate surface area is 204 Å². The first kappa shape index (κ1) is 26.5. The lowest BCUT2D eigenvalue weighted by molar-refractivity contribution is 0.0953. The number of pyridine rings is 1. The molecule has 0 saturated heterocycles. The Balaban J connectivity index is 0.00000385. The normalized spacial score (nSPS) is 10.5. The third kappa shape index (κ3) is 6.40. The first-order chi connectivity index (χ1) is 15.3. The zero-order valence-electron chi connectivity index (χ0n) is 17.7. The Morgan fingerprint density at radius 2 is 1.85 bits per heavy atom. The summed E-state index contributed by atoms with van der Waals surface area (Å²) in [6.07, 6.45) is 0.689. The highest BCUT2D eigenvalue weighted by Crippen LogP contribution is 2.25. The summed E-state index contributed by atoms with van der Waals surface area (Å²) < 4.78 is 34.1. The molecule has 0 unspecified atom stereocenters. The summed E-state index contributed by atoms with van der Waals surface area (Å²) in [4.78, 5) is 25.1. The maximum atomic E-state index is 13.8. The average molecular weight is 543 g/mol. The van der Waals surface area contributed by atoms with Gasteiger partial charge in [-0.25, -0.2) is 8.78 Å². The molecule has 0 aliphatic heterocycles. The predicted molar refractivity (Wildman–Crippen MR) is 128 cm³/mol. The molecule has 3 N–H and O–H groups in total. The van der Waals surface area contributed by atoms with E-state index in [0.29, 0.717) is 36.5 Å². The molecule has 1 aromatic heterocycles. The number of benzene rings is 2. The summed E-state index contributed by atoms with van der Waals surface area (Å²) in [6.45, 7) is 2.55. The number of rotatable bonds is 8. The van der Waals surface area contributed by atoms with Crippen molar-refractivity contribution in [3.8, 4) is 11.4 Å². The minimum atomic E-state index is -0.724. The molecule has 2 aromatic carbocycles. The van der Waals surface area contributed by atoms with Crippen molar-refractivity contribution in [3.63, 3.8) is 0 Å². The third-order valence-electron chi connectivity index (χ3n) is 4.75. The second kappa shape index (κ2) is 11.9. The van der Waals surface area contributed by atoms with E-state index in [2.05, 4.69) is 21.2 Å². The predicted octanol–water partition coefficient (Wildman–Crippen LogP) is 4.27. The SMILES string of the molecule is Cc1cc(OCc2ccc(F)cc2F)c(Br)c(=O)n1-c1ccc(C(=O)NCCCN)cc1.Cl. The molecular formula is C23H23BrClF2N3O3. The van der Waals surface area contributed by atoms with Crippen molar-refractivity contribution in [2.24, 2.45) is 5.73 Å². The number of hydrogen-bond acceptors (Lipinski definition) is 4. The van der Waals surface area contributed by atoms with Gasteiger partial charge in [-0.1, -0.05) is 0 Å². The minimum Gasteiger partial charge on any atom is -0.487 e. The smallest absolute Gasteiger partial charge is 0.273 e. The fourth-order valence-corrected chi connectivity index (χ4v) is 3.48. The van der Waals surface area contributed by atoms with E-state index in [4.69, 9.17) is 10.5 Å². The van der Waals surface area contributed by atoms with Crippen molar-refractivity contribution in [1.29, 1.82) is 0 Å². The largest absolute Gasteiger partial charge is 0.487 e. The number of aryl methyl sites for hydroxylation is 1. The van der Waals surface area contributed by atoms with Crippen LogP contribution >= 0.6 is 28.3 Å². The molecule has 176 valence electrons. The van der Waals surface area contributed by atoms with Crippen LogP contribution in [0.1, 0.15) is 28.0 Å². The van der Waals surface area contributed by atoms with Gasteiger partial charge in [0.15, 0.2) is 0 Å². The van der Waals surface area contributed by atoms with Crippen molar-refractivity contribution in [2.75, 3.05) is 13.1 Å². The highest BCUT2D eigenvalue weighted by atomic mass is 79.9. The molecule has 0 bridgehead atoms. The number of hydrogen-bond donors (Lipinski definition) is 2. The molecule has 0 spiro atoms. The second-order valence-corrected chi connectivity index (χ2v) is 7.87. The van der Waals surface area contributed by atoms with Crippen LogP contribution in [0.3, 0.4) is 0 Å². The van der Waals surface area contributed by atoms with Crippen molar-refractivity contribution >= 4 is 34.2 Å². The number of nitrogens with one attached hydrogen (secondary N) is 1. The molecule has 6 nitrogen and oxygen atoms in total. The first-order valence-corrected chi connectivity index (χ1v) is 10.7. The molecule has 3 rings (SSSR count). The number of amides is 1. The average Bonchev–Trinajstić information content (AvgIpc) is 2.77. The summed E-state index contributed by atoms with van der Waals surface area (Å²) in [5.74, 6) is -1.38. The Morgan fingerprint density at radius 1 is 1.15 bits per heavy atom. The Hall–Kier alpha value is -2.75. The molecular weight excluding hydrogens is 520 g/mol. The van der Waals surface area contributed by atoms with Gasteiger partial charge in [-0.2, -0.15) is 0 Å². The van der Waals surface area contributed by atoms with E-state index in [-0.39, 0.29) is 46.3 Å². The maximum absolute atomic E-state index is 13.8. The molecule has 10 heteroatoms. The highest BCUT2D eigenvalue weighted by Gasteiger charge is 2.15. The highest BCUT2D eigenvalue weighted by molar-refractivity contribution is 9.10. The second-order valence-electron chi connectivity index (χ2n) is 7.07. The van der Waals surface area contributed by atoms with Crippen LogP contribution in [0.4, 0.5) is 8.78 Å². The standard InChI is InChI=1S/C23H22BrF2N3O3.ClH/c1-14-11-20(32-13-16-3-6-17(25)12-19(16)26)21(24)23(31)29(14)18-7-4-15(5-8-18)22(30)28-10-2-9-27;/h3-8,11-12H,2,9-10,13,27H2,1H3,(H,28,30);1H. The van der Waals surface area contributed by atoms with Crippen LogP contribution in [0.25, 0.3) is 5.69 Å². The van der Waals surface area contributed by atoms with Crippen molar-refractivity contribution in [2.45, 2.75) is 20.0 Å². The number of aromatic nitrogens is 1. The number of carbonyl (C=O) groups is 1. The van der Waals surface area contributed by atoms with Gasteiger partial charge in [-0.15, -0.1) is 12.4 Å². The van der Waals surface area contributed by atoms with E-state index >= 15 is 0 Å².